The van der Waals surface area contributed by atoms with E-state index in [4.69, 9.17) is 20.3 Å². The van der Waals surface area contributed by atoms with E-state index in [1.165, 1.54) is 0 Å². The van der Waals surface area contributed by atoms with Crippen LogP contribution in [-0.4, -0.2) is 36.6 Å². The largest absolute Gasteiger partial charge is 0.400 e. The molecule has 0 aromatic heterocycles. The van der Waals surface area contributed by atoms with E-state index in [0.29, 0.717) is 18.0 Å². The van der Waals surface area contributed by atoms with E-state index in [1.807, 2.05) is 0 Å². The van der Waals surface area contributed by atoms with Gasteiger partial charge in [-0.05, 0) is 31.8 Å². The van der Waals surface area contributed by atoms with Crippen molar-refractivity contribution in [3.63, 3.8) is 0 Å². The van der Waals surface area contributed by atoms with Gasteiger partial charge in [-0.25, -0.2) is 0 Å². The standard InChI is InChI=1S/C9H24N2O2Si/c1-8(7-11)6-9(4-5-10)14(12-2)13-3/h8-9,14H,4-7,10-11H2,1-3H3. The van der Waals surface area contributed by atoms with E-state index in [0.717, 1.165) is 19.4 Å². The summed E-state index contributed by atoms with van der Waals surface area (Å²) in [6.07, 6.45) is 2.04. The van der Waals surface area contributed by atoms with Crippen LogP contribution in [0.25, 0.3) is 0 Å². The summed E-state index contributed by atoms with van der Waals surface area (Å²) in [5.74, 6) is 0.520. The zero-order valence-corrected chi connectivity index (χ0v) is 10.7. The molecule has 0 fully saturated rings. The van der Waals surface area contributed by atoms with Crippen LogP contribution in [-0.2, 0) is 8.85 Å². The van der Waals surface area contributed by atoms with Gasteiger partial charge in [-0.2, -0.15) is 0 Å². The highest BCUT2D eigenvalue weighted by Crippen LogP contribution is 2.24. The van der Waals surface area contributed by atoms with Crippen molar-refractivity contribution in [2.24, 2.45) is 17.4 Å². The second-order valence-electron chi connectivity index (χ2n) is 3.75. The highest BCUT2D eigenvalue weighted by atomic mass is 28.3. The lowest BCUT2D eigenvalue weighted by molar-refractivity contribution is 0.255. The van der Waals surface area contributed by atoms with Crippen LogP contribution in [0, 0.1) is 5.92 Å². The zero-order valence-electron chi connectivity index (χ0n) is 9.53. The van der Waals surface area contributed by atoms with Gasteiger partial charge in [0.15, 0.2) is 0 Å². The third kappa shape index (κ3) is 5.07. The SMILES string of the molecule is CO[SiH](OC)C(CCN)CC(C)CN. The molecule has 0 aliphatic heterocycles. The first-order valence-electron chi connectivity index (χ1n) is 5.15. The molecule has 4 nitrogen and oxygen atoms in total. The maximum atomic E-state index is 5.60. The van der Waals surface area contributed by atoms with Crippen molar-refractivity contribution in [2.75, 3.05) is 27.3 Å². The van der Waals surface area contributed by atoms with Crippen molar-refractivity contribution < 1.29 is 8.85 Å². The van der Waals surface area contributed by atoms with Gasteiger partial charge in [-0.15, -0.1) is 0 Å². The third-order valence-electron chi connectivity index (χ3n) is 2.49. The summed E-state index contributed by atoms with van der Waals surface area (Å²) in [7, 11) is 1.91. The van der Waals surface area contributed by atoms with E-state index >= 15 is 0 Å². The van der Waals surface area contributed by atoms with Gasteiger partial charge in [0, 0.05) is 19.8 Å². The van der Waals surface area contributed by atoms with Gasteiger partial charge in [0.25, 0.3) is 0 Å². The monoisotopic (exact) mass is 220 g/mol. The molecule has 86 valence electrons. The zero-order chi connectivity index (χ0) is 11.0. The number of hydrogen-bond acceptors (Lipinski definition) is 4. The van der Waals surface area contributed by atoms with Crippen LogP contribution in [0.5, 0.6) is 0 Å². The van der Waals surface area contributed by atoms with E-state index in [-0.39, 0.29) is 0 Å². The van der Waals surface area contributed by atoms with Crippen molar-refractivity contribution in [1.29, 1.82) is 0 Å². The Bertz CT molecular complexity index is 134. The van der Waals surface area contributed by atoms with Gasteiger partial charge in [-0.1, -0.05) is 6.92 Å². The normalized spacial score (nSPS) is 15.9. The molecular formula is C9H24N2O2Si. The Morgan fingerprint density at radius 1 is 1.21 bits per heavy atom. The van der Waals surface area contributed by atoms with Gasteiger partial charge in [0.1, 0.15) is 0 Å². The second kappa shape index (κ2) is 8.37. The van der Waals surface area contributed by atoms with Crippen LogP contribution in [0.4, 0.5) is 0 Å². The topological polar surface area (TPSA) is 70.5 Å². The summed E-state index contributed by atoms with van der Waals surface area (Å²) in [6.45, 7) is 3.56. The molecule has 0 bridgehead atoms. The first kappa shape index (κ1) is 14.1. The quantitative estimate of drug-likeness (QED) is 0.574. The summed E-state index contributed by atoms with van der Waals surface area (Å²) in [6, 6.07) is 0. The van der Waals surface area contributed by atoms with Gasteiger partial charge in [0.2, 0.25) is 0 Å². The Morgan fingerprint density at radius 3 is 2.14 bits per heavy atom. The predicted octanol–water partition coefficient (Wildman–Crippen LogP) is 0.204. The molecule has 14 heavy (non-hydrogen) atoms. The Labute approximate surface area is 88.8 Å². The third-order valence-corrected chi connectivity index (χ3v) is 4.80. The Balaban J connectivity index is 4.10. The average molecular weight is 220 g/mol. The van der Waals surface area contributed by atoms with Gasteiger partial charge >= 0.3 is 9.28 Å². The molecule has 0 aromatic carbocycles. The summed E-state index contributed by atoms with van der Waals surface area (Å²) < 4.78 is 10.8. The molecule has 0 saturated heterocycles. The minimum Gasteiger partial charge on any atom is -0.400 e. The lowest BCUT2D eigenvalue weighted by Gasteiger charge is -2.24. The van der Waals surface area contributed by atoms with Crippen molar-refractivity contribution in [2.45, 2.75) is 25.3 Å². The van der Waals surface area contributed by atoms with Gasteiger partial charge < -0.3 is 20.3 Å². The fourth-order valence-corrected chi connectivity index (χ4v) is 3.79. The molecule has 0 rings (SSSR count). The molecule has 2 unspecified atom stereocenters. The predicted molar refractivity (Wildman–Crippen MR) is 61.4 cm³/mol. The molecule has 0 radical (unpaired) electrons. The van der Waals surface area contributed by atoms with Crippen molar-refractivity contribution in [1.82, 2.24) is 0 Å². The number of nitrogens with two attached hydrogens (primary N) is 2. The van der Waals surface area contributed by atoms with E-state index in [9.17, 15) is 0 Å². The highest BCUT2D eigenvalue weighted by Gasteiger charge is 2.25. The molecule has 2 atom stereocenters. The lowest BCUT2D eigenvalue weighted by Crippen LogP contribution is -2.30. The molecule has 0 saturated carbocycles. The van der Waals surface area contributed by atoms with Crippen LogP contribution in [0.3, 0.4) is 0 Å². The molecule has 4 N–H and O–H groups in total. The summed E-state index contributed by atoms with van der Waals surface area (Å²) in [5.41, 5.74) is 11.7. The maximum absolute atomic E-state index is 5.60. The first-order valence-corrected chi connectivity index (χ1v) is 6.76. The molecule has 0 aromatic rings. The van der Waals surface area contributed by atoms with E-state index in [2.05, 4.69) is 6.92 Å². The highest BCUT2D eigenvalue weighted by molar-refractivity contribution is 6.46. The average Bonchev–Trinajstić information content (AvgIpc) is 2.19. The van der Waals surface area contributed by atoms with E-state index < -0.39 is 9.28 Å². The van der Waals surface area contributed by atoms with Gasteiger partial charge in [0.05, 0.1) is 0 Å². The maximum Gasteiger partial charge on any atom is 0.324 e. The van der Waals surface area contributed by atoms with Gasteiger partial charge in [-0.3, -0.25) is 0 Å². The smallest absolute Gasteiger partial charge is 0.324 e. The Hall–Kier alpha value is 0.0569. The lowest BCUT2D eigenvalue weighted by atomic mass is 10.0. The van der Waals surface area contributed by atoms with Crippen molar-refractivity contribution in [3.05, 3.63) is 0 Å². The second-order valence-corrected chi connectivity index (χ2v) is 6.38. The summed E-state index contributed by atoms with van der Waals surface area (Å²) >= 11 is 0. The minimum absolute atomic E-state index is 0.480. The first-order chi connectivity index (χ1) is 6.69. The van der Waals surface area contributed by atoms with Crippen LogP contribution in [0.15, 0.2) is 0 Å². The minimum atomic E-state index is -1.53. The van der Waals surface area contributed by atoms with Crippen LogP contribution in [0.2, 0.25) is 5.54 Å². The molecule has 0 aliphatic carbocycles. The molecule has 5 heteroatoms. The van der Waals surface area contributed by atoms with Crippen LogP contribution >= 0.6 is 0 Å². The number of hydrogen-bond donors (Lipinski definition) is 2. The molecule has 0 aliphatic rings. The Kier molecular flexibility index (Phi) is 8.41. The molecular weight excluding hydrogens is 196 g/mol. The summed E-state index contributed by atoms with van der Waals surface area (Å²) in [4.78, 5) is 0. The van der Waals surface area contributed by atoms with Crippen LogP contribution in [0.1, 0.15) is 19.8 Å². The molecule has 0 heterocycles. The fraction of sp³-hybridized carbons (Fsp3) is 1.00. The van der Waals surface area contributed by atoms with Crippen molar-refractivity contribution >= 4 is 9.28 Å². The van der Waals surface area contributed by atoms with Crippen LogP contribution < -0.4 is 11.5 Å². The molecule has 0 amide bonds. The molecule has 0 spiro atoms. The fourth-order valence-electron chi connectivity index (χ4n) is 1.67. The summed E-state index contributed by atoms with van der Waals surface area (Å²) in [5, 5.41) is 0. The Morgan fingerprint density at radius 2 is 1.79 bits per heavy atom. The number of rotatable bonds is 8. The van der Waals surface area contributed by atoms with Crippen molar-refractivity contribution in [3.8, 4) is 0 Å². The van der Waals surface area contributed by atoms with E-state index in [1.54, 1.807) is 14.2 Å².